The summed E-state index contributed by atoms with van der Waals surface area (Å²) in [5, 5.41) is 0. The molecule has 0 aromatic carbocycles. The van der Waals surface area contributed by atoms with Crippen LogP contribution in [0.1, 0.15) is 41.5 Å². The normalized spacial score (nSPS) is 24.9. The van der Waals surface area contributed by atoms with Crippen molar-refractivity contribution in [3.8, 4) is 0 Å². The molecule has 1 atom stereocenters. The van der Waals surface area contributed by atoms with E-state index in [1.165, 1.54) is 22.4 Å². The molecule has 1 N–H and O–H groups in total. The first-order valence-corrected chi connectivity index (χ1v) is 10.6. The van der Waals surface area contributed by atoms with Gasteiger partial charge >= 0.3 is 0 Å². The van der Waals surface area contributed by atoms with Crippen LogP contribution in [0.2, 0.25) is 0 Å². The number of sulfonamides is 1. The lowest BCUT2D eigenvalue weighted by Crippen LogP contribution is -2.43. The number of thiophene rings is 1. The molecular formula is C15H24N2O3S2. The SMILES string of the molecule is CS(=O)(=O)NC1CCN(Cc2ccc([C@H]3CCCO3)s2)CC1. The molecule has 3 heterocycles. The van der Waals surface area contributed by atoms with E-state index in [1.54, 1.807) is 0 Å². The standard InChI is InChI=1S/C15H24N2O3S2/c1-22(18,19)16-12-6-8-17(9-7-12)11-13-4-5-15(21-13)14-3-2-10-20-14/h4-5,12,14,16H,2-3,6-11H2,1H3/t14-/m1/s1. The van der Waals surface area contributed by atoms with E-state index >= 15 is 0 Å². The highest BCUT2D eigenvalue weighted by Gasteiger charge is 2.23. The van der Waals surface area contributed by atoms with Crippen LogP contribution in [-0.2, 0) is 21.3 Å². The Morgan fingerprint density at radius 2 is 2.09 bits per heavy atom. The van der Waals surface area contributed by atoms with Crippen LogP contribution < -0.4 is 4.72 Å². The maximum atomic E-state index is 11.3. The Morgan fingerprint density at radius 1 is 1.32 bits per heavy atom. The highest BCUT2D eigenvalue weighted by atomic mass is 32.2. The molecule has 0 spiro atoms. The number of piperidine rings is 1. The minimum atomic E-state index is -3.09. The van der Waals surface area contributed by atoms with E-state index in [2.05, 4.69) is 21.8 Å². The first-order chi connectivity index (χ1) is 10.5. The van der Waals surface area contributed by atoms with Gasteiger partial charge in [-0.15, -0.1) is 11.3 Å². The largest absolute Gasteiger partial charge is 0.373 e. The van der Waals surface area contributed by atoms with Gasteiger partial charge < -0.3 is 4.74 Å². The molecule has 7 heteroatoms. The molecule has 0 aliphatic carbocycles. The zero-order valence-corrected chi connectivity index (χ0v) is 14.6. The van der Waals surface area contributed by atoms with Crippen LogP contribution in [0.4, 0.5) is 0 Å². The van der Waals surface area contributed by atoms with Crippen LogP contribution in [-0.4, -0.2) is 45.3 Å². The van der Waals surface area contributed by atoms with Gasteiger partial charge in [-0.3, -0.25) is 4.90 Å². The summed E-state index contributed by atoms with van der Waals surface area (Å²) in [6.45, 7) is 3.74. The van der Waals surface area contributed by atoms with Crippen LogP contribution in [0.3, 0.4) is 0 Å². The van der Waals surface area contributed by atoms with Gasteiger partial charge in [0.25, 0.3) is 0 Å². The monoisotopic (exact) mass is 344 g/mol. The second-order valence-corrected chi connectivity index (χ2v) is 9.23. The van der Waals surface area contributed by atoms with Crippen molar-refractivity contribution in [3.05, 3.63) is 21.9 Å². The van der Waals surface area contributed by atoms with Gasteiger partial charge in [-0.1, -0.05) is 0 Å². The molecule has 1 aromatic rings. The summed E-state index contributed by atoms with van der Waals surface area (Å²) in [6, 6.07) is 4.51. The average molecular weight is 345 g/mol. The molecule has 0 unspecified atom stereocenters. The molecule has 2 aliphatic rings. The second-order valence-electron chi connectivity index (χ2n) is 6.25. The zero-order valence-electron chi connectivity index (χ0n) is 13.0. The Bertz CT molecular complexity index is 586. The second kappa shape index (κ2) is 6.97. The predicted molar refractivity (Wildman–Crippen MR) is 88.5 cm³/mol. The van der Waals surface area contributed by atoms with Crippen molar-refractivity contribution < 1.29 is 13.2 Å². The van der Waals surface area contributed by atoms with Crippen molar-refractivity contribution in [2.45, 2.75) is 44.4 Å². The molecule has 22 heavy (non-hydrogen) atoms. The molecule has 0 amide bonds. The first kappa shape index (κ1) is 16.4. The summed E-state index contributed by atoms with van der Waals surface area (Å²) in [5.41, 5.74) is 0. The fraction of sp³-hybridized carbons (Fsp3) is 0.733. The van der Waals surface area contributed by atoms with Crippen molar-refractivity contribution in [2.24, 2.45) is 0 Å². The molecule has 0 bridgehead atoms. The van der Waals surface area contributed by atoms with Gasteiger partial charge in [0, 0.05) is 42.0 Å². The van der Waals surface area contributed by atoms with Crippen molar-refractivity contribution in [3.63, 3.8) is 0 Å². The fourth-order valence-electron chi connectivity index (χ4n) is 3.19. The predicted octanol–water partition coefficient (Wildman–Crippen LogP) is 2.11. The van der Waals surface area contributed by atoms with E-state index in [0.717, 1.165) is 45.5 Å². The number of ether oxygens (including phenoxy) is 1. The number of nitrogens with one attached hydrogen (secondary N) is 1. The van der Waals surface area contributed by atoms with Gasteiger partial charge in [-0.05, 0) is 37.8 Å². The number of hydrogen-bond acceptors (Lipinski definition) is 5. The molecule has 1 aromatic heterocycles. The van der Waals surface area contributed by atoms with Crippen LogP contribution >= 0.6 is 11.3 Å². The third-order valence-corrected chi connectivity index (χ3v) is 6.20. The van der Waals surface area contributed by atoms with Gasteiger partial charge in [0.05, 0.1) is 12.4 Å². The molecular weight excluding hydrogens is 320 g/mol. The first-order valence-electron chi connectivity index (χ1n) is 7.89. The fourth-order valence-corrected chi connectivity index (χ4v) is 5.17. The average Bonchev–Trinajstić information content (AvgIpc) is 3.10. The van der Waals surface area contributed by atoms with Gasteiger partial charge in [0.1, 0.15) is 0 Å². The van der Waals surface area contributed by atoms with Crippen molar-refractivity contribution >= 4 is 21.4 Å². The third kappa shape index (κ3) is 4.52. The van der Waals surface area contributed by atoms with Crippen LogP contribution in [0, 0.1) is 0 Å². The lowest BCUT2D eigenvalue weighted by Gasteiger charge is -2.31. The Kier molecular flexibility index (Phi) is 5.19. The van der Waals surface area contributed by atoms with Gasteiger partial charge in [0.15, 0.2) is 0 Å². The molecule has 5 nitrogen and oxygen atoms in total. The van der Waals surface area contributed by atoms with Gasteiger partial charge in [0.2, 0.25) is 10.0 Å². The Morgan fingerprint density at radius 3 is 2.73 bits per heavy atom. The summed E-state index contributed by atoms with van der Waals surface area (Å²) in [7, 11) is -3.09. The van der Waals surface area contributed by atoms with Crippen molar-refractivity contribution in [1.82, 2.24) is 9.62 Å². The highest BCUT2D eigenvalue weighted by Crippen LogP contribution is 2.33. The molecule has 2 aliphatic heterocycles. The van der Waals surface area contributed by atoms with Crippen LogP contribution in [0.25, 0.3) is 0 Å². The van der Waals surface area contributed by atoms with E-state index in [-0.39, 0.29) is 6.04 Å². The zero-order chi connectivity index (χ0) is 15.6. The maximum absolute atomic E-state index is 11.3. The number of rotatable bonds is 5. The van der Waals surface area contributed by atoms with Crippen molar-refractivity contribution in [2.75, 3.05) is 26.0 Å². The van der Waals surface area contributed by atoms with E-state index < -0.39 is 10.0 Å². The summed E-state index contributed by atoms with van der Waals surface area (Å²) in [6.07, 6.45) is 5.62. The molecule has 2 saturated heterocycles. The number of nitrogens with zero attached hydrogens (tertiary/aromatic N) is 1. The highest BCUT2D eigenvalue weighted by molar-refractivity contribution is 7.88. The molecule has 0 radical (unpaired) electrons. The van der Waals surface area contributed by atoms with Crippen molar-refractivity contribution in [1.29, 1.82) is 0 Å². The number of likely N-dealkylation sites (tertiary alicyclic amines) is 1. The van der Waals surface area contributed by atoms with Gasteiger partial charge in [-0.25, -0.2) is 13.1 Å². The molecule has 2 fully saturated rings. The summed E-state index contributed by atoms with van der Waals surface area (Å²) in [4.78, 5) is 5.13. The topological polar surface area (TPSA) is 58.6 Å². The Labute approximate surface area is 136 Å². The van der Waals surface area contributed by atoms with Gasteiger partial charge in [-0.2, -0.15) is 0 Å². The molecule has 0 saturated carbocycles. The number of hydrogen-bond donors (Lipinski definition) is 1. The molecule has 124 valence electrons. The van der Waals surface area contributed by atoms with Crippen LogP contribution in [0.5, 0.6) is 0 Å². The molecule has 3 rings (SSSR count). The van der Waals surface area contributed by atoms with E-state index in [4.69, 9.17) is 4.74 Å². The van der Waals surface area contributed by atoms with E-state index in [9.17, 15) is 8.42 Å². The lowest BCUT2D eigenvalue weighted by molar-refractivity contribution is 0.114. The van der Waals surface area contributed by atoms with E-state index in [1.807, 2.05) is 11.3 Å². The summed E-state index contributed by atoms with van der Waals surface area (Å²) >= 11 is 1.86. The van der Waals surface area contributed by atoms with E-state index in [0.29, 0.717) is 6.10 Å². The lowest BCUT2D eigenvalue weighted by atomic mass is 10.1. The summed E-state index contributed by atoms with van der Waals surface area (Å²) in [5.74, 6) is 0. The summed E-state index contributed by atoms with van der Waals surface area (Å²) < 4.78 is 31.0. The minimum Gasteiger partial charge on any atom is -0.373 e. The quantitative estimate of drug-likeness (QED) is 0.889. The minimum absolute atomic E-state index is 0.0945. The Hall–Kier alpha value is -0.470. The smallest absolute Gasteiger partial charge is 0.208 e. The van der Waals surface area contributed by atoms with Crippen LogP contribution in [0.15, 0.2) is 12.1 Å². The third-order valence-electron chi connectivity index (χ3n) is 4.28. The maximum Gasteiger partial charge on any atom is 0.208 e. The Balaban J connectivity index is 1.48.